The third-order valence-electron chi connectivity index (χ3n) is 5.03. The molecule has 3 aromatic carbocycles. The van der Waals surface area contributed by atoms with Gasteiger partial charge in [0.2, 0.25) is 0 Å². The van der Waals surface area contributed by atoms with Crippen LogP contribution in [0, 0.1) is 36.0 Å². The van der Waals surface area contributed by atoms with Crippen LogP contribution in [0.4, 0.5) is 22.0 Å². The zero-order valence-electron chi connectivity index (χ0n) is 20.3. The Morgan fingerprint density at radius 2 is 0.848 bits per heavy atom. The van der Waals surface area contributed by atoms with Crippen molar-refractivity contribution in [1.82, 2.24) is 0 Å². The summed E-state index contributed by atoms with van der Waals surface area (Å²) in [6.07, 6.45) is 0. The molecule has 0 aliphatic heterocycles. The Morgan fingerprint density at radius 3 is 1.24 bits per heavy atom. The summed E-state index contributed by atoms with van der Waals surface area (Å²) < 4.78 is 62.5. The van der Waals surface area contributed by atoms with E-state index in [1.54, 1.807) is 19.9 Å². The van der Waals surface area contributed by atoms with E-state index in [-0.39, 0.29) is 11.8 Å². The van der Waals surface area contributed by atoms with Crippen molar-refractivity contribution >= 4 is 0 Å². The molecule has 0 amide bonds. The third-order valence-corrected chi connectivity index (χ3v) is 5.03. The molecule has 0 heterocycles. The number of benzene rings is 3. The van der Waals surface area contributed by atoms with Crippen molar-refractivity contribution in [2.24, 2.45) is 0 Å². The fourth-order valence-electron chi connectivity index (χ4n) is 2.73. The minimum absolute atomic E-state index is 0.00500. The summed E-state index contributed by atoms with van der Waals surface area (Å²) >= 11 is 0. The average Bonchev–Trinajstić information content (AvgIpc) is 2.74. The Hall–Kier alpha value is -2.69. The van der Waals surface area contributed by atoms with Gasteiger partial charge in [-0.1, -0.05) is 77.4 Å². The van der Waals surface area contributed by atoms with E-state index in [9.17, 15) is 22.0 Å². The highest BCUT2D eigenvalue weighted by Crippen LogP contribution is 2.20. The lowest BCUT2D eigenvalue weighted by Gasteiger charge is -2.05. The van der Waals surface area contributed by atoms with Gasteiger partial charge in [0.25, 0.3) is 0 Å². The number of hydrogen-bond acceptors (Lipinski definition) is 0. The topological polar surface area (TPSA) is 0 Å². The van der Waals surface area contributed by atoms with Crippen molar-refractivity contribution in [3.05, 3.63) is 106 Å². The maximum Gasteiger partial charge on any atom is 0.194 e. The zero-order valence-corrected chi connectivity index (χ0v) is 20.3. The molecule has 5 heteroatoms. The van der Waals surface area contributed by atoms with Gasteiger partial charge in [0, 0.05) is 0 Å². The zero-order chi connectivity index (χ0) is 25.3. The predicted molar refractivity (Wildman–Crippen MR) is 126 cm³/mol. The Kier molecular flexibility index (Phi) is 11.3. The van der Waals surface area contributed by atoms with Crippen LogP contribution in [0.25, 0.3) is 0 Å². The van der Waals surface area contributed by atoms with Gasteiger partial charge >= 0.3 is 0 Å². The molecule has 0 nitrogen and oxygen atoms in total. The van der Waals surface area contributed by atoms with E-state index in [4.69, 9.17) is 0 Å². The maximum absolute atomic E-state index is 12.6. The molecule has 0 N–H and O–H groups in total. The van der Waals surface area contributed by atoms with Crippen molar-refractivity contribution in [3.8, 4) is 0 Å². The molecule has 3 aromatic rings. The molecule has 0 bridgehead atoms. The SMILES string of the molecule is CC(C)c1cc(F)c(F)c(F)c1.CC(C)c1ccc(F)c(F)c1.Cc1ccc(C(C)C)cc1. The molecule has 33 heavy (non-hydrogen) atoms. The second-order valence-corrected chi connectivity index (χ2v) is 8.85. The Bertz CT molecular complexity index is 982. The quantitative estimate of drug-likeness (QED) is 0.267. The summed E-state index contributed by atoms with van der Waals surface area (Å²) in [5.74, 6) is -4.32. The van der Waals surface area contributed by atoms with Crippen LogP contribution in [0.15, 0.2) is 54.6 Å². The number of aryl methyl sites for hydroxylation is 1. The van der Waals surface area contributed by atoms with Crippen molar-refractivity contribution in [1.29, 1.82) is 0 Å². The van der Waals surface area contributed by atoms with Gasteiger partial charge in [0.15, 0.2) is 29.1 Å². The predicted octanol–water partition coefficient (Wildman–Crippen LogP) is 9.43. The molecule has 180 valence electrons. The molecule has 0 unspecified atom stereocenters. The molecule has 0 fully saturated rings. The van der Waals surface area contributed by atoms with Gasteiger partial charge in [0.1, 0.15) is 0 Å². The van der Waals surface area contributed by atoms with Crippen LogP contribution in [-0.4, -0.2) is 0 Å². The van der Waals surface area contributed by atoms with Crippen LogP contribution >= 0.6 is 0 Å². The molecule has 3 rings (SSSR count). The Labute approximate surface area is 194 Å². The third kappa shape index (κ3) is 9.37. The number of halogens is 5. The van der Waals surface area contributed by atoms with Crippen LogP contribution in [0.3, 0.4) is 0 Å². The second-order valence-electron chi connectivity index (χ2n) is 8.85. The van der Waals surface area contributed by atoms with Gasteiger partial charge in [-0.05, 0) is 65.6 Å². The first-order valence-corrected chi connectivity index (χ1v) is 11.0. The molecular weight excluding hydrogens is 431 g/mol. The second kappa shape index (κ2) is 13.1. The van der Waals surface area contributed by atoms with E-state index in [2.05, 4.69) is 45.0 Å². The highest BCUT2D eigenvalue weighted by Gasteiger charge is 2.11. The van der Waals surface area contributed by atoms with Gasteiger partial charge in [-0.3, -0.25) is 0 Å². The van der Waals surface area contributed by atoms with Crippen LogP contribution in [0.2, 0.25) is 0 Å². The molecule has 0 aliphatic carbocycles. The highest BCUT2D eigenvalue weighted by molar-refractivity contribution is 5.24. The largest absolute Gasteiger partial charge is 0.204 e. The van der Waals surface area contributed by atoms with E-state index in [0.717, 1.165) is 23.8 Å². The van der Waals surface area contributed by atoms with Gasteiger partial charge in [-0.25, -0.2) is 22.0 Å². The fraction of sp³-hybridized carbons (Fsp3) is 0.357. The van der Waals surface area contributed by atoms with Gasteiger partial charge < -0.3 is 0 Å². The normalized spacial score (nSPS) is 10.6. The molecular formula is C28H33F5. The minimum Gasteiger partial charge on any atom is -0.204 e. The lowest BCUT2D eigenvalue weighted by Crippen LogP contribution is -1.95. The summed E-state index contributed by atoms with van der Waals surface area (Å²) in [5.41, 5.74) is 4.05. The van der Waals surface area contributed by atoms with Gasteiger partial charge in [-0.15, -0.1) is 0 Å². The minimum atomic E-state index is -1.40. The summed E-state index contributed by atoms with van der Waals surface area (Å²) in [5, 5.41) is 0. The maximum atomic E-state index is 12.6. The lowest BCUT2D eigenvalue weighted by molar-refractivity contribution is 0.444. The van der Waals surface area contributed by atoms with E-state index >= 15 is 0 Å². The number of hydrogen-bond donors (Lipinski definition) is 0. The average molecular weight is 465 g/mol. The molecule has 0 saturated carbocycles. The van der Waals surface area contributed by atoms with Crippen LogP contribution < -0.4 is 0 Å². The van der Waals surface area contributed by atoms with Crippen molar-refractivity contribution < 1.29 is 22.0 Å². The molecule has 0 saturated heterocycles. The summed E-state index contributed by atoms with van der Waals surface area (Å²) in [4.78, 5) is 0. The van der Waals surface area contributed by atoms with Gasteiger partial charge in [-0.2, -0.15) is 0 Å². The van der Waals surface area contributed by atoms with Crippen molar-refractivity contribution in [3.63, 3.8) is 0 Å². The lowest BCUT2D eigenvalue weighted by atomic mass is 10.0. The monoisotopic (exact) mass is 464 g/mol. The fourth-order valence-corrected chi connectivity index (χ4v) is 2.73. The van der Waals surface area contributed by atoms with E-state index in [0.29, 0.717) is 11.5 Å². The molecule has 0 spiro atoms. The summed E-state index contributed by atoms with van der Waals surface area (Å²) in [6.45, 7) is 14.0. The van der Waals surface area contributed by atoms with Crippen LogP contribution in [-0.2, 0) is 0 Å². The van der Waals surface area contributed by atoms with Crippen LogP contribution in [0.5, 0.6) is 0 Å². The van der Waals surface area contributed by atoms with E-state index in [1.807, 2.05) is 13.8 Å². The summed E-state index contributed by atoms with van der Waals surface area (Å²) in [7, 11) is 0. The van der Waals surface area contributed by atoms with Gasteiger partial charge in [0.05, 0.1) is 0 Å². The van der Waals surface area contributed by atoms with Crippen LogP contribution in [0.1, 0.15) is 81.5 Å². The number of rotatable bonds is 3. The first kappa shape index (κ1) is 28.3. The smallest absolute Gasteiger partial charge is 0.194 e. The molecule has 0 radical (unpaired) electrons. The Balaban J connectivity index is 0.000000249. The molecule has 0 atom stereocenters. The first-order valence-electron chi connectivity index (χ1n) is 11.0. The first-order chi connectivity index (χ1) is 15.3. The standard InChI is InChI=1S/C10H14.C9H9F3.C9H10F2/c1-8(2)10-6-4-9(3)5-7-10;1-5(2)6-3-7(10)9(12)8(11)4-6;1-6(2)7-3-4-8(10)9(11)5-7/h4-8H,1-3H3;3-5H,1-2H3;3-6H,1-2H3. The highest BCUT2D eigenvalue weighted by atomic mass is 19.2. The van der Waals surface area contributed by atoms with Crippen molar-refractivity contribution in [2.45, 2.75) is 66.2 Å². The summed E-state index contributed by atoms with van der Waals surface area (Å²) in [6, 6.07) is 14.7. The molecule has 0 aliphatic rings. The van der Waals surface area contributed by atoms with E-state index in [1.165, 1.54) is 17.2 Å². The van der Waals surface area contributed by atoms with E-state index < -0.39 is 29.1 Å². The molecule has 0 aromatic heterocycles. The Morgan fingerprint density at radius 1 is 0.455 bits per heavy atom. The van der Waals surface area contributed by atoms with Crippen molar-refractivity contribution in [2.75, 3.05) is 0 Å².